The average molecular weight is 374 g/mol. The normalized spacial score (nSPS) is 50.6. The van der Waals surface area contributed by atoms with E-state index in [0.717, 1.165) is 44.9 Å². The van der Waals surface area contributed by atoms with Crippen molar-refractivity contribution in [2.75, 3.05) is 13.7 Å². The summed E-state index contributed by atoms with van der Waals surface area (Å²) in [5.74, 6) is 0.851. The van der Waals surface area contributed by atoms with E-state index < -0.39 is 0 Å². The summed E-state index contributed by atoms with van der Waals surface area (Å²) >= 11 is 0. The number of fused-ring (bicyclic) bond motifs is 1. The lowest BCUT2D eigenvalue weighted by Crippen LogP contribution is -2.59. The van der Waals surface area contributed by atoms with Crippen molar-refractivity contribution in [2.45, 2.75) is 70.2 Å². The maximum Gasteiger partial charge on any atom is 0.167 e. The summed E-state index contributed by atoms with van der Waals surface area (Å²) in [5.41, 5.74) is 0.719. The third-order valence-electron chi connectivity index (χ3n) is 9.12. The van der Waals surface area contributed by atoms with E-state index in [9.17, 15) is 14.7 Å². The quantitative estimate of drug-likeness (QED) is 0.822. The highest BCUT2D eigenvalue weighted by atomic mass is 16.7. The van der Waals surface area contributed by atoms with Crippen molar-refractivity contribution in [3.8, 4) is 0 Å². The molecule has 1 heterocycles. The molecule has 5 aliphatic rings. The largest absolute Gasteiger partial charge is 0.389 e. The fourth-order valence-electron chi connectivity index (χ4n) is 8.15. The Hall–Kier alpha value is -1.04. The Kier molecular flexibility index (Phi) is 3.83. The maximum absolute atomic E-state index is 12.5. The van der Waals surface area contributed by atoms with E-state index >= 15 is 0 Å². The third kappa shape index (κ3) is 2.01. The van der Waals surface area contributed by atoms with E-state index in [-0.39, 0.29) is 46.8 Å². The number of hydrogen-bond donors (Lipinski definition) is 1. The Labute approximate surface area is 160 Å². The van der Waals surface area contributed by atoms with Gasteiger partial charge in [-0.05, 0) is 62.4 Å². The Morgan fingerprint density at radius 1 is 1.22 bits per heavy atom. The van der Waals surface area contributed by atoms with Gasteiger partial charge in [0.05, 0.1) is 5.60 Å². The van der Waals surface area contributed by atoms with Gasteiger partial charge >= 0.3 is 0 Å². The number of Topliss-reactive ketones (excluding diaryl/α,β-unsaturated/α-hetero) is 1. The van der Waals surface area contributed by atoms with Gasteiger partial charge in [-0.3, -0.25) is 9.59 Å². The zero-order chi connectivity index (χ0) is 19.0. The van der Waals surface area contributed by atoms with Crippen LogP contribution in [0, 0.1) is 28.6 Å². The molecule has 1 N–H and O–H groups in total. The van der Waals surface area contributed by atoms with Gasteiger partial charge in [-0.1, -0.05) is 12.5 Å². The maximum atomic E-state index is 12.5. The molecule has 7 atom stereocenters. The molecule has 4 fully saturated rings. The Morgan fingerprint density at radius 3 is 2.78 bits per heavy atom. The van der Waals surface area contributed by atoms with Crippen molar-refractivity contribution >= 4 is 11.6 Å². The molecule has 0 amide bonds. The minimum Gasteiger partial charge on any atom is -0.389 e. The number of ketones is 2. The standard InChI is InChI=1S/C22H30O5/c1-20-8-7-18-21-9-6-14(24)11-13(21)5-10-22(18,27-19(21)26-2)17(20)4-3-15(20)16(25)12-23/h11,15,17-19,23H,3-10,12H2,1-2H3/t15-,17-,18-,19-,20-,21-,22-/m0/s1. The number of ether oxygens (including phenoxy) is 2. The molecule has 2 bridgehead atoms. The lowest BCUT2D eigenvalue weighted by molar-refractivity contribution is -0.209. The molecule has 5 nitrogen and oxygen atoms in total. The Bertz CT molecular complexity index is 728. The molecule has 27 heavy (non-hydrogen) atoms. The highest BCUT2D eigenvalue weighted by Gasteiger charge is 2.74. The van der Waals surface area contributed by atoms with Crippen LogP contribution in [0.3, 0.4) is 0 Å². The monoisotopic (exact) mass is 374 g/mol. The second-order valence-electron chi connectivity index (χ2n) is 9.72. The van der Waals surface area contributed by atoms with Crippen LogP contribution < -0.4 is 0 Å². The van der Waals surface area contributed by atoms with Gasteiger partial charge in [-0.2, -0.15) is 0 Å². The number of aliphatic hydroxyl groups is 1. The van der Waals surface area contributed by atoms with Crippen LogP contribution in [-0.2, 0) is 19.1 Å². The SMILES string of the molecule is CO[C@H]1O[C@]23CCC4=CC(=O)CC[C@@]41[C@@H]2CC[C@@]1(C)[C@H](C(=O)CO)CC[C@@H]13. The first-order valence-corrected chi connectivity index (χ1v) is 10.5. The van der Waals surface area contributed by atoms with Crippen molar-refractivity contribution in [3.05, 3.63) is 11.6 Å². The zero-order valence-electron chi connectivity index (χ0n) is 16.3. The predicted molar refractivity (Wildman–Crippen MR) is 97.7 cm³/mol. The molecule has 5 rings (SSSR count). The van der Waals surface area contributed by atoms with Crippen LogP contribution >= 0.6 is 0 Å². The number of aliphatic hydroxyl groups excluding tert-OH is 1. The fraction of sp³-hybridized carbons (Fsp3) is 0.818. The molecular formula is C22H30O5. The molecule has 0 unspecified atom stereocenters. The Balaban J connectivity index is 1.60. The summed E-state index contributed by atoms with van der Waals surface area (Å²) in [6.45, 7) is 1.89. The smallest absolute Gasteiger partial charge is 0.167 e. The summed E-state index contributed by atoms with van der Waals surface area (Å²) in [4.78, 5) is 24.6. The van der Waals surface area contributed by atoms with Crippen LogP contribution in [0.25, 0.3) is 0 Å². The van der Waals surface area contributed by atoms with Crippen molar-refractivity contribution in [1.82, 2.24) is 0 Å². The number of carbonyl (C=O) groups excluding carboxylic acids is 2. The van der Waals surface area contributed by atoms with E-state index in [4.69, 9.17) is 9.47 Å². The van der Waals surface area contributed by atoms with Gasteiger partial charge in [-0.25, -0.2) is 0 Å². The van der Waals surface area contributed by atoms with E-state index in [0.29, 0.717) is 18.3 Å². The molecule has 1 saturated heterocycles. The molecule has 0 radical (unpaired) electrons. The van der Waals surface area contributed by atoms with Crippen LogP contribution in [0.2, 0.25) is 0 Å². The molecule has 0 aromatic rings. The number of methoxy groups -OCH3 is 1. The second-order valence-corrected chi connectivity index (χ2v) is 9.72. The van der Waals surface area contributed by atoms with Gasteiger partial charge < -0.3 is 14.6 Å². The average Bonchev–Trinajstić information content (AvgIpc) is 3.11. The fourth-order valence-corrected chi connectivity index (χ4v) is 8.15. The highest BCUT2D eigenvalue weighted by molar-refractivity contribution is 5.92. The molecule has 3 saturated carbocycles. The molecule has 1 aliphatic heterocycles. The van der Waals surface area contributed by atoms with Crippen LogP contribution in [0.5, 0.6) is 0 Å². The molecule has 5 heteroatoms. The minimum atomic E-state index is -0.357. The molecule has 148 valence electrons. The molecular weight excluding hydrogens is 344 g/mol. The highest BCUT2D eigenvalue weighted by Crippen LogP contribution is 2.74. The summed E-state index contributed by atoms with van der Waals surface area (Å²) in [6.07, 6.45) is 8.63. The van der Waals surface area contributed by atoms with E-state index in [1.165, 1.54) is 5.57 Å². The van der Waals surface area contributed by atoms with Gasteiger partial charge in [-0.15, -0.1) is 0 Å². The van der Waals surface area contributed by atoms with Crippen LogP contribution in [0.15, 0.2) is 11.6 Å². The first kappa shape index (κ1) is 18.0. The second kappa shape index (κ2) is 5.74. The van der Waals surface area contributed by atoms with Gasteiger partial charge in [0.2, 0.25) is 0 Å². The predicted octanol–water partition coefficient (Wildman–Crippen LogP) is 2.80. The number of carbonyl (C=O) groups is 2. The van der Waals surface area contributed by atoms with E-state index in [2.05, 4.69) is 6.92 Å². The van der Waals surface area contributed by atoms with E-state index in [1.54, 1.807) is 7.11 Å². The Morgan fingerprint density at radius 2 is 2.04 bits per heavy atom. The number of rotatable bonds is 3. The van der Waals surface area contributed by atoms with E-state index in [1.807, 2.05) is 6.08 Å². The van der Waals surface area contributed by atoms with Crippen molar-refractivity contribution in [3.63, 3.8) is 0 Å². The third-order valence-corrected chi connectivity index (χ3v) is 9.12. The summed E-state index contributed by atoms with van der Waals surface area (Å²) < 4.78 is 12.7. The molecule has 4 aliphatic carbocycles. The zero-order valence-corrected chi connectivity index (χ0v) is 16.3. The lowest BCUT2D eigenvalue weighted by atomic mass is 9.45. The van der Waals surface area contributed by atoms with Crippen molar-refractivity contribution in [2.24, 2.45) is 28.6 Å². The van der Waals surface area contributed by atoms with Gasteiger partial charge in [0.25, 0.3) is 0 Å². The lowest BCUT2D eigenvalue weighted by Gasteiger charge is -2.58. The first-order chi connectivity index (χ1) is 12.9. The summed E-state index contributed by atoms with van der Waals surface area (Å²) in [5, 5.41) is 9.48. The minimum absolute atomic E-state index is 0.00879. The molecule has 1 spiro atoms. The summed E-state index contributed by atoms with van der Waals surface area (Å²) in [7, 11) is 1.72. The molecule has 0 aromatic carbocycles. The van der Waals surface area contributed by atoms with Gasteiger partial charge in [0.15, 0.2) is 17.9 Å². The number of hydrogen-bond acceptors (Lipinski definition) is 5. The van der Waals surface area contributed by atoms with Crippen molar-refractivity contribution < 1.29 is 24.2 Å². The van der Waals surface area contributed by atoms with Gasteiger partial charge in [0.1, 0.15) is 6.61 Å². The van der Waals surface area contributed by atoms with Crippen molar-refractivity contribution in [1.29, 1.82) is 0 Å². The summed E-state index contributed by atoms with van der Waals surface area (Å²) in [6, 6.07) is 0. The van der Waals surface area contributed by atoms with Crippen LogP contribution in [-0.4, -0.2) is 42.3 Å². The topological polar surface area (TPSA) is 72.8 Å². The van der Waals surface area contributed by atoms with Crippen LogP contribution in [0.4, 0.5) is 0 Å². The first-order valence-electron chi connectivity index (χ1n) is 10.5. The molecule has 0 aromatic heterocycles. The van der Waals surface area contributed by atoms with Crippen LogP contribution in [0.1, 0.15) is 58.3 Å². The van der Waals surface area contributed by atoms with Gasteiger partial charge in [0, 0.05) is 30.8 Å².